The van der Waals surface area contributed by atoms with Gasteiger partial charge in [0.05, 0.1) is 18.1 Å². The number of carbonyl (C=O) groups is 1. The monoisotopic (exact) mass is 494 g/mol. The predicted molar refractivity (Wildman–Crippen MR) is 127 cm³/mol. The first-order valence-electron chi connectivity index (χ1n) is 11.3. The summed E-state index contributed by atoms with van der Waals surface area (Å²) >= 11 is 0. The number of fused-ring (bicyclic) bond motifs is 1. The Labute approximate surface area is 205 Å². The third-order valence-electron chi connectivity index (χ3n) is 5.88. The van der Waals surface area contributed by atoms with E-state index >= 15 is 0 Å². The average Bonchev–Trinajstić information content (AvgIpc) is 3.59. The molecule has 5 N–H and O–H groups in total. The molecule has 1 saturated heterocycles. The lowest BCUT2D eigenvalue weighted by atomic mass is 10.1. The van der Waals surface area contributed by atoms with Gasteiger partial charge in [0.1, 0.15) is 24.8 Å². The molecule has 188 valence electrons. The number of carbonyl (C=O) groups excluding carboxylic acids is 1. The first-order chi connectivity index (χ1) is 17.4. The zero-order valence-corrected chi connectivity index (χ0v) is 19.7. The molecule has 13 heteroatoms. The van der Waals surface area contributed by atoms with Gasteiger partial charge in [-0.05, 0) is 24.6 Å². The van der Waals surface area contributed by atoms with Crippen LogP contribution in [-0.4, -0.2) is 61.0 Å². The van der Waals surface area contributed by atoms with Crippen LogP contribution in [0.2, 0.25) is 0 Å². The number of ether oxygens (including phenoxy) is 2. The molecular formula is C23H26N8O5. The van der Waals surface area contributed by atoms with E-state index in [1.54, 1.807) is 4.57 Å². The Morgan fingerprint density at radius 2 is 2.14 bits per heavy atom. The topological polar surface area (TPSA) is 175 Å². The number of aliphatic hydroxyl groups is 1. The number of aryl methyl sites for hydroxylation is 1. The number of benzene rings is 1. The smallest absolute Gasteiger partial charge is 0.250 e. The molecule has 0 bridgehead atoms. The van der Waals surface area contributed by atoms with Crippen LogP contribution in [0.5, 0.6) is 5.75 Å². The summed E-state index contributed by atoms with van der Waals surface area (Å²) < 4.78 is 18.3. The number of amides is 1. The van der Waals surface area contributed by atoms with Crippen LogP contribution in [0.15, 0.2) is 47.5 Å². The van der Waals surface area contributed by atoms with Gasteiger partial charge in [0.25, 0.3) is 5.91 Å². The van der Waals surface area contributed by atoms with Gasteiger partial charge in [-0.1, -0.05) is 17.3 Å². The summed E-state index contributed by atoms with van der Waals surface area (Å²) in [5.41, 5.74) is 8.69. The molecule has 1 aliphatic heterocycles. The van der Waals surface area contributed by atoms with Gasteiger partial charge in [0.15, 0.2) is 35.1 Å². The number of imidazole rings is 1. The Bertz CT molecular complexity index is 1370. The molecule has 0 radical (unpaired) electrons. The first-order valence-corrected chi connectivity index (χ1v) is 11.3. The molecule has 1 aromatic carbocycles. The highest BCUT2D eigenvalue weighted by atomic mass is 16.5. The number of aromatic nitrogens is 5. The standard InChI is InChI=1S/C23H26N8O5/c1-12-6-15(36-30-12)9-34-14-5-3-4-13(7-14)8-26-20-17-21(28-10-27-20)31(11-29-17)23-18(32)16(24)19(35-23)22(33)25-2/h3-7,10-11,16,18-19,23,32H,8-9,24H2,1-2H3,(H,25,33)(H,26,27,28). The second kappa shape index (κ2) is 9.89. The number of anilines is 1. The summed E-state index contributed by atoms with van der Waals surface area (Å²) in [6.07, 6.45) is -0.165. The van der Waals surface area contributed by atoms with E-state index < -0.39 is 30.4 Å². The van der Waals surface area contributed by atoms with Gasteiger partial charge >= 0.3 is 0 Å². The lowest BCUT2D eigenvalue weighted by Crippen LogP contribution is -2.46. The van der Waals surface area contributed by atoms with Crippen LogP contribution in [0.1, 0.15) is 23.2 Å². The fraction of sp³-hybridized carbons (Fsp3) is 0.348. The van der Waals surface area contributed by atoms with Crippen LogP contribution >= 0.6 is 0 Å². The number of hydrogen-bond acceptors (Lipinski definition) is 11. The van der Waals surface area contributed by atoms with E-state index in [0.717, 1.165) is 11.3 Å². The quantitative estimate of drug-likeness (QED) is 0.270. The summed E-state index contributed by atoms with van der Waals surface area (Å²) in [4.78, 5) is 25.1. The SMILES string of the molecule is CNC(=O)C1OC(n2cnc3c(NCc4cccc(OCc5cc(C)no5)c4)ncnc32)C(O)C1N. The van der Waals surface area contributed by atoms with Gasteiger partial charge in [0.2, 0.25) is 0 Å². The number of likely N-dealkylation sites (N-methyl/N-ethyl adjacent to an activating group) is 1. The van der Waals surface area contributed by atoms with Gasteiger partial charge in [0, 0.05) is 19.7 Å². The molecule has 3 aromatic heterocycles. The summed E-state index contributed by atoms with van der Waals surface area (Å²) in [7, 11) is 1.48. The van der Waals surface area contributed by atoms with Crippen LogP contribution in [0.25, 0.3) is 11.2 Å². The summed E-state index contributed by atoms with van der Waals surface area (Å²) in [6.45, 7) is 2.58. The molecule has 0 spiro atoms. The zero-order chi connectivity index (χ0) is 25.2. The molecule has 0 aliphatic carbocycles. The van der Waals surface area contributed by atoms with Crippen LogP contribution < -0.4 is 21.1 Å². The van der Waals surface area contributed by atoms with E-state index in [1.807, 2.05) is 37.3 Å². The van der Waals surface area contributed by atoms with Crippen molar-refractivity contribution in [2.45, 2.75) is 44.6 Å². The van der Waals surface area contributed by atoms with Crippen molar-refractivity contribution in [3.63, 3.8) is 0 Å². The van der Waals surface area contributed by atoms with Gasteiger partial charge < -0.3 is 35.5 Å². The summed E-state index contributed by atoms with van der Waals surface area (Å²) in [5.74, 6) is 1.43. The molecule has 4 atom stereocenters. The highest BCUT2D eigenvalue weighted by molar-refractivity contribution is 5.83. The lowest BCUT2D eigenvalue weighted by Gasteiger charge is -2.16. The molecule has 4 unspecified atom stereocenters. The Morgan fingerprint density at radius 1 is 1.28 bits per heavy atom. The molecular weight excluding hydrogens is 468 g/mol. The summed E-state index contributed by atoms with van der Waals surface area (Å²) in [5, 5.41) is 20.2. The van der Waals surface area contributed by atoms with Crippen molar-refractivity contribution in [2.75, 3.05) is 12.4 Å². The van der Waals surface area contributed by atoms with Gasteiger partial charge in [-0.2, -0.15) is 0 Å². The maximum absolute atomic E-state index is 12.1. The summed E-state index contributed by atoms with van der Waals surface area (Å²) in [6, 6.07) is 8.56. The van der Waals surface area contributed by atoms with Crippen molar-refractivity contribution in [1.82, 2.24) is 30.0 Å². The molecule has 36 heavy (non-hydrogen) atoms. The van der Waals surface area contributed by atoms with Crippen molar-refractivity contribution in [3.8, 4) is 5.75 Å². The predicted octanol–water partition coefficient (Wildman–Crippen LogP) is 0.645. The van der Waals surface area contributed by atoms with E-state index in [-0.39, 0.29) is 6.61 Å². The van der Waals surface area contributed by atoms with E-state index in [4.69, 9.17) is 19.7 Å². The third-order valence-corrected chi connectivity index (χ3v) is 5.88. The largest absolute Gasteiger partial charge is 0.486 e. The van der Waals surface area contributed by atoms with Crippen LogP contribution in [0.3, 0.4) is 0 Å². The van der Waals surface area contributed by atoms with Crippen LogP contribution in [0.4, 0.5) is 5.82 Å². The minimum Gasteiger partial charge on any atom is -0.486 e. The minimum absolute atomic E-state index is 0.279. The molecule has 1 fully saturated rings. The molecule has 1 amide bonds. The normalized spacial score (nSPS) is 21.6. The second-order valence-corrected chi connectivity index (χ2v) is 8.40. The Hall–Kier alpha value is -4.07. The van der Waals surface area contributed by atoms with E-state index in [0.29, 0.717) is 35.0 Å². The zero-order valence-electron chi connectivity index (χ0n) is 19.7. The van der Waals surface area contributed by atoms with Gasteiger partial charge in [-0.15, -0.1) is 0 Å². The van der Waals surface area contributed by atoms with Crippen LogP contribution in [-0.2, 0) is 22.7 Å². The fourth-order valence-electron chi connectivity index (χ4n) is 4.04. The molecule has 13 nitrogen and oxygen atoms in total. The van der Waals surface area contributed by atoms with Gasteiger partial charge in [-0.25, -0.2) is 15.0 Å². The average molecular weight is 495 g/mol. The van der Waals surface area contributed by atoms with Crippen molar-refractivity contribution in [2.24, 2.45) is 5.73 Å². The van der Waals surface area contributed by atoms with Crippen molar-refractivity contribution in [1.29, 1.82) is 0 Å². The lowest BCUT2D eigenvalue weighted by molar-refractivity contribution is -0.134. The molecule has 5 rings (SSSR count). The Kier molecular flexibility index (Phi) is 6.50. The highest BCUT2D eigenvalue weighted by Gasteiger charge is 2.46. The number of nitrogens with two attached hydrogens (primary N) is 1. The number of rotatable bonds is 8. The van der Waals surface area contributed by atoms with E-state index in [1.165, 1.54) is 19.7 Å². The number of hydrogen-bond donors (Lipinski definition) is 4. The minimum atomic E-state index is -1.13. The third kappa shape index (κ3) is 4.58. The van der Waals surface area contributed by atoms with E-state index in [9.17, 15) is 9.90 Å². The van der Waals surface area contributed by atoms with Crippen molar-refractivity contribution >= 4 is 22.9 Å². The first kappa shape index (κ1) is 23.7. The molecule has 4 heterocycles. The second-order valence-electron chi connectivity index (χ2n) is 8.40. The van der Waals surface area contributed by atoms with Crippen molar-refractivity contribution in [3.05, 3.63) is 60.0 Å². The molecule has 4 aromatic rings. The number of aliphatic hydroxyl groups excluding tert-OH is 1. The highest BCUT2D eigenvalue weighted by Crippen LogP contribution is 2.31. The molecule has 1 aliphatic rings. The maximum Gasteiger partial charge on any atom is 0.250 e. The Balaban J connectivity index is 1.29. The Morgan fingerprint density at radius 3 is 2.92 bits per heavy atom. The van der Waals surface area contributed by atoms with Crippen LogP contribution in [0, 0.1) is 6.92 Å². The van der Waals surface area contributed by atoms with E-state index in [2.05, 4.69) is 30.7 Å². The molecule has 0 saturated carbocycles. The number of nitrogens with one attached hydrogen (secondary N) is 2. The number of nitrogens with zero attached hydrogens (tertiary/aromatic N) is 5. The van der Waals surface area contributed by atoms with Crippen molar-refractivity contribution < 1.29 is 23.9 Å². The van der Waals surface area contributed by atoms with Gasteiger partial charge in [-0.3, -0.25) is 9.36 Å². The maximum atomic E-state index is 12.1. The fourth-order valence-corrected chi connectivity index (χ4v) is 4.04.